The largest absolute Gasteiger partial charge is 0.417 e. The van der Waals surface area contributed by atoms with Crippen LogP contribution in [0.5, 0.6) is 0 Å². The zero-order chi connectivity index (χ0) is 30.7. The summed E-state index contributed by atoms with van der Waals surface area (Å²) in [5, 5.41) is 12.6. The fourth-order valence-electron chi connectivity index (χ4n) is 4.53. The third kappa shape index (κ3) is 8.03. The minimum atomic E-state index is -4.88. The molecule has 226 valence electrons. The maximum atomic E-state index is 13.4. The van der Waals surface area contributed by atoms with Gasteiger partial charge in [-0.1, -0.05) is 35.3 Å². The van der Waals surface area contributed by atoms with Crippen LogP contribution in [-0.2, 0) is 32.8 Å². The van der Waals surface area contributed by atoms with E-state index in [0.29, 0.717) is 36.8 Å². The van der Waals surface area contributed by atoms with E-state index in [4.69, 9.17) is 23.2 Å². The van der Waals surface area contributed by atoms with Gasteiger partial charge < -0.3 is 5.32 Å². The number of amides is 1. The molecule has 0 aliphatic carbocycles. The first kappa shape index (κ1) is 32.2. The van der Waals surface area contributed by atoms with Crippen molar-refractivity contribution in [1.29, 1.82) is 0 Å². The summed E-state index contributed by atoms with van der Waals surface area (Å²) in [4.78, 5) is 12.0. The molecule has 0 aromatic heterocycles. The van der Waals surface area contributed by atoms with Crippen LogP contribution >= 0.6 is 23.2 Å². The van der Waals surface area contributed by atoms with Crippen molar-refractivity contribution in [2.24, 2.45) is 0 Å². The van der Waals surface area contributed by atoms with Crippen LogP contribution in [0.3, 0.4) is 0 Å². The first-order chi connectivity index (χ1) is 19.7. The topological polar surface area (TPSA) is 113 Å². The molecule has 1 aliphatic rings. The predicted octanol–water partition coefficient (Wildman–Crippen LogP) is 5.85. The second kappa shape index (κ2) is 12.9. The maximum Gasteiger partial charge on any atom is 0.417 e. The Morgan fingerprint density at radius 3 is 2.43 bits per heavy atom. The van der Waals surface area contributed by atoms with Crippen LogP contribution < -0.4 is 10.0 Å². The Kier molecular flexibility index (Phi) is 9.90. The van der Waals surface area contributed by atoms with Crippen LogP contribution in [0, 0.1) is 0 Å². The Hall–Kier alpha value is -2.68. The van der Waals surface area contributed by atoms with Gasteiger partial charge in [0.25, 0.3) is 15.9 Å². The molecule has 1 aliphatic heterocycles. The van der Waals surface area contributed by atoms with E-state index >= 15 is 0 Å². The molecule has 1 heterocycles. The van der Waals surface area contributed by atoms with Gasteiger partial charge in [0.15, 0.2) is 0 Å². The number of alkyl halides is 3. The molecule has 0 saturated carbocycles. The zero-order valence-corrected chi connectivity index (χ0v) is 25.1. The van der Waals surface area contributed by atoms with Crippen LogP contribution in [0.1, 0.15) is 34.3 Å². The van der Waals surface area contributed by atoms with E-state index in [-0.39, 0.29) is 38.5 Å². The number of benzene rings is 3. The number of hydrogen-bond acceptors (Lipinski definition) is 5. The van der Waals surface area contributed by atoms with Crippen molar-refractivity contribution in [1.82, 2.24) is 5.32 Å². The minimum Gasteiger partial charge on any atom is -0.346 e. The Bertz CT molecular complexity index is 1610. The zero-order valence-electron chi connectivity index (χ0n) is 22.0. The maximum absolute atomic E-state index is 13.4. The number of halogens is 5. The lowest BCUT2D eigenvalue weighted by atomic mass is 10.1. The molecule has 1 amide bonds. The average molecular weight is 666 g/mol. The third-order valence-electron chi connectivity index (χ3n) is 6.68. The lowest BCUT2D eigenvalue weighted by molar-refractivity contribution is -1.09. The predicted molar refractivity (Wildman–Crippen MR) is 153 cm³/mol. The number of hydrogen-bond donors (Lipinski definition) is 3. The molecule has 0 bridgehead atoms. The highest BCUT2D eigenvalue weighted by molar-refractivity contribution is 7.92. The molecule has 3 N–H and O–H groups in total. The summed E-state index contributed by atoms with van der Waals surface area (Å²) in [7, 11) is -6.43. The standard InChI is InChI=1S/C27H26Cl2F3N3O5S2/c28-20-6-9-25(24(15-20)34-42(39,40)21-7-8-23(29)22(16-21)27(30,31)32)41(38)17-18-4-3-5-19(14-18)26(36)33-10-13-35(37)11-1-2-12-35/h3-9,14-16,34,37H,1-2,10-13,17H2/p+1. The van der Waals surface area contributed by atoms with E-state index in [0.717, 1.165) is 25.0 Å². The number of quaternary nitrogens is 1. The molecule has 3 aromatic carbocycles. The second-order valence-corrected chi connectivity index (χ2v) is 13.8. The van der Waals surface area contributed by atoms with Gasteiger partial charge in [0.05, 0.1) is 49.2 Å². The first-order valence-corrected chi connectivity index (χ1v) is 16.3. The van der Waals surface area contributed by atoms with Gasteiger partial charge >= 0.3 is 6.18 Å². The number of sulfonamides is 1. The van der Waals surface area contributed by atoms with Crippen molar-refractivity contribution in [2.75, 3.05) is 30.9 Å². The molecule has 1 unspecified atom stereocenters. The summed E-state index contributed by atoms with van der Waals surface area (Å²) in [6.07, 6.45) is -3.02. The smallest absolute Gasteiger partial charge is 0.346 e. The number of carbonyl (C=O) groups excluding carboxylic acids is 1. The molecular weight excluding hydrogens is 638 g/mol. The molecule has 8 nitrogen and oxygen atoms in total. The highest BCUT2D eigenvalue weighted by Crippen LogP contribution is 2.36. The molecule has 0 radical (unpaired) electrons. The quantitative estimate of drug-likeness (QED) is 0.236. The number of anilines is 1. The Morgan fingerprint density at radius 2 is 1.74 bits per heavy atom. The van der Waals surface area contributed by atoms with Gasteiger partial charge in [-0.15, -0.1) is 0 Å². The van der Waals surface area contributed by atoms with E-state index in [1.807, 2.05) is 0 Å². The van der Waals surface area contributed by atoms with E-state index in [1.165, 1.54) is 18.2 Å². The number of hydroxylamine groups is 3. The SMILES string of the molecule is O=C(NCC[N+]1(O)CCCC1)c1cccc(CS(=O)c2ccc(Cl)cc2NS(=O)(=O)c2ccc(Cl)c(C(F)(F)F)c2)c1. The minimum absolute atomic E-state index is 0.0328. The van der Waals surface area contributed by atoms with Crippen molar-refractivity contribution in [3.8, 4) is 0 Å². The van der Waals surface area contributed by atoms with Gasteiger partial charge in [0, 0.05) is 23.4 Å². The summed E-state index contributed by atoms with van der Waals surface area (Å²) in [5.74, 6) is -0.470. The molecular formula is C27H27Cl2F3N3O5S2+. The number of nitrogens with one attached hydrogen (secondary N) is 2. The number of rotatable bonds is 10. The lowest BCUT2D eigenvalue weighted by Gasteiger charge is -2.24. The molecule has 4 rings (SSSR count). The van der Waals surface area contributed by atoms with Crippen LogP contribution in [0.25, 0.3) is 0 Å². The summed E-state index contributed by atoms with van der Waals surface area (Å²) < 4.78 is 81.4. The van der Waals surface area contributed by atoms with Crippen molar-refractivity contribution in [3.05, 3.63) is 87.4 Å². The fraction of sp³-hybridized carbons (Fsp3) is 0.296. The summed E-state index contributed by atoms with van der Waals surface area (Å²) >= 11 is 11.7. The van der Waals surface area contributed by atoms with E-state index in [2.05, 4.69) is 10.0 Å². The number of carbonyl (C=O) groups is 1. The number of likely N-dealkylation sites (tertiary alicyclic amines) is 1. The Labute approximate surface area is 253 Å². The second-order valence-electron chi connectivity index (χ2n) is 9.80. The lowest BCUT2D eigenvalue weighted by Crippen LogP contribution is -2.46. The van der Waals surface area contributed by atoms with Crippen LogP contribution in [0.15, 0.2) is 70.5 Å². The molecule has 42 heavy (non-hydrogen) atoms. The van der Waals surface area contributed by atoms with Crippen LogP contribution in [-0.4, -0.2) is 54.6 Å². The van der Waals surface area contributed by atoms with Gasteiger partial charge in [0.1, 0.15) is 19.6 Å². The normalized spacial score (nSPS) is 15.8. The van der Waals surface area contributed by atoms with E-state index < -0.39 is 42.5 Å². The van der Waals surface area contributed by atoms with E-state index in [1.54, 1.807) is 24.3 Å². The van der Waals surface area contributed by atoms with Gasteiger partial charge in [-0.3, -0.25) is 13.7 Å². The van der Waals surface area contributed by atoms with Gasteiger partial charge in [-0.25, -0.2) is 13.6 Å². The highest BCUT2D eigenvalue weighted by Gasteiger charge is 2.35. The van der Waals surface area contributed by atoms with Crippen molar-refractivity contribution in [3.63, 3.8) is 0 Å². The van der Waals surface area contributed by atoms with Gasteiger partial charge in [-0.05, 0) is 54.1 Å². The number of nitrogens with zero attached hydrogens (tertiary/aromatic N) is 1. The Morgan fingerprint density at radius 1 is 1.02 bits per heavy atom. The molecule has 0 spiro atoms. The molecule has 1 fully saturated rings. The summed E-state index contributed by atoms with van der Waals surface area (Å²) in [5.41, 5.74) is -0.668. The monoisotopic (exact) mass is 664 g/mol. The van der Waals surface area contributed by atoms with Crippen LogP contribution in [0.4, 0.5) is 18.9 Å². The van der Waals surface area contributed by atoms with Crippen LogP contribution in [0.2, 0.25) is 10.0 Å². The fourth-order valence-corrected chi connectivity index (χ4v) is 7.30. The highest BCUT2D eigenvalue weighted by atomic mass is 35.5. The first-order valence-electron chi connectivity index (χ1n) is 12.7. The molecule has 3 aromatic rings. The Balaban J connectivity index is 1.50. The summed E-state index contributed by atoms with van der Waals surface area (Å²) in [6, 6.07) is 12.5. The molecule has 15 heteroatoms. The van der Waals surface area contributed by atoms with Gasteiger partial charge in [-0.2, -0.15) is 17.8 Å². The van der Waals surface area contributed by atoms with E-state index in [9.17, 15) is 35.8 Å². The molecule has 1 atom stereocenters. The average Bonchev–Trinajstić information content (AvgIpc) is 3.34. The third-order valence-corrected chi connectivity index (χ3v) is 10.1. The van der Waals surface area contributed by atoms with Crippen molar-refractivity contribution < 1.29 is 40.4 Å². The van der Waals surface area contributed by atoms with Crippen molar-refractivity contribution in [2.45, 2.75) is 34.6 Å². The van der Waals surface area contributed by atoms with Crippen molar-refractivity contribution >= 4 is 55.6 Å². The van der Waals surface area contributed by atoms with Gasteiger partial charge in [0.2, 0.25) is 0 Å². The summed E-state index contributed by atoms with van der Waals surface area (Å²) in [6.45, 7) is 1.96. The molecule has 1 saturated heterocycles.